The van der Waals surface area contributed by atoms with Gasteiger partial charge < -0.3 is 0 Å². The Bertz CT molecular complexity index is 277. The first kappa shape index (κ1) is 10.4. The maximum atomic E-state index is 10.1. The van der Waals surface area contributed by atoms with Crippen LogP contribution in [0.2, 0.25) is 0 Å². The topological polar surface area (TPSA) is 40.9 Å². The van der Waals surface area contributed by atoms with Gasteiger partial charge in [-0.2, -0.15) is 5.26 Å². The minimum atomic E-state index is 0.642. The minimum absolute atomic E-state index is 0.642. The first-order valence-corrected chi connectivity index (χ1v) is 3.58. The van der Waals surface area contributed by atoms with Crippen LogP contribution < -0.4 is 0 Å². The van der Waals surface area contributed by atoms with E-state index in [1.165, 1.54) is 0 Å². The molecule has 0 unspecified atom stereocenters. The van der Waals surface area contributed by atoms with E-state index in [2.05, 4.69) is 0 Å². The maximum Gasteiger partial charge on any atom is 0.145 e. The fourth-order valence-corrected chi connectivity index (χ4v) is 0.484. The van der Waals surface area contributed by atoms with Crippen LogP contribution in [0.4, 0.5) is 0 Å². The molecule has 0 aromatic carbocycles. The van der Waals surface area contributed by atoms with Gasteiger partial charge in [0.2, 0.25) is 0 Å². The third-order valence-corrected chi connectivity index (χ3v) is 1.18. The van der Waals surface area contributed by atoms with E-state index in [1.807, 2.05) is 6.07 Å². The van der Waals surface area contributed by atoms with Crippen molar-refractivity contribution in [3.63, 3.8) is 0 Å². The van der Waals surface area contributed by atoms with Crippen LogP contribution in [0.1, 0.15) is 13.8 Å². The van der Waals surface area contributed by atoms with Crippen molar-refractivity contribution < 1.29 is 4.79 Å². The van der Waals surface area contributed by atoms with Gasteiger partial charge in [-0.1, -0.05) is 18.2 Å². The Morgan fingerprint density at radius 1 is 1.25 bits per heavy atom. The summed E-state index contributed by atoms with van der Waals surface area (Å²) in [5.74, 6) is 0. The Labute approximate surface area is 72.5 Å². The van der Waals surface area contributed by atoms with E-state index in [1.54, 1.807) is 38.2 Å². The lowest BCUT2D eigenvalue weighted by Crippen LogP contribution is -1.72. The lowest BCUT2D eigenvalue weighted by molar-refractivity contribution is -0.104. The second-order valence-electron chi connectivity index (χ2n) is 2.37. The molecule has 0 bridgehead atoms. The SMILES string of the molecule is C\C(C#N)=C/C=C/C=C(\C)C=O. The second-order valence-corrected chi connectivity index (χ2v) is 2.37. The Balaban J connectivity index is 4.12. The third-order valence-electron chi connectivity index (χ3n) is 1.18. The Morgan fingerprint density at radius 3 is 2.33 bits per heavy atom. The van der Waals surface area contributed by atoms with Crippen molar-refractivity contribution in [2.75, 3.05) is 0 Å². The standard InChI is InChI=1S/C10H11NO/c1-9(7-11)5-3-4-6-10(2)8-12/h3-6,8H,1-2H3/b4-3+,9-5+,10-6+. The van der Waals surface area contributed by atoms with Gasteiger partial charge in [0.25, 0.3) is 0 Å². The van der Waals surface area contributed by atoms with Gasteiger partial charge in [-0.25, -0.2) is 0 Å². The van der Waals surface area contributed by atoms with Crippen LogP contribution in [0.5, 0.6) is 0 Å². The fraction of sp³-hybridized carbons (Fsp3) is 0.200. The van der Waals surface area contributed by atoms with Crippen LogP contribution in [-0.4, -0.2) is 6.29 Å². The van der Waals surface area contributed by atoms with Gasteiger partial charge in [-0.15, -0.1) is 0 Å². The number of allylic oxidation sites excluding steroid dienone is 6. The molecular formula is C10H11NO. The zero-order valence-electron chi connectivity index (χ0n) is 7.24. The summed E-state index contributed by atoms with van der Waals surface area (Å²) in [6, 6.07) is 1.99. The van der Waals surface area contributed by atoms with Crippen molar-refractivity contribution in [3.05, 3.63) is 35.5 Å². The number of carbonyl (C=O) groups is 1. The molecule has 0 amide bonds. The normalized spacial score (nSPS) is 13.1. The van der Waals surface area contributed by atoms with Crippen molar-refractivity contribution in [2.45, 2.75) is 13.8 Å². The van der Waals surface area contributed by atoms with Gasteiger partial charge in [0.05, 0.1) is 6.07 Å². The molecule has 0 radical (unpaired) electrons. The monoisotopic (exact) mass is 161 g/mol. The predicted octanol–water partition coefficient (Wildman–Crippen LogP) is 2.16. The van der Waals surface area contributed by atoms with Gasteiger partial charge in [-0.3, -0.25) is 4.79 Å². The molecule has 0 atom stereocenters. The molecule has 12 heavy (non-hydrogen) atoms. The van der Waals surface area contributed by atoms with Gasteiger partial charge >= 0.3 is 0 Å². The number of nitriles is 1. The Morgan fingerprint density at radius 2 is 1.83 bits per heavy atom. The lowest BCUT2D eigenvalue weighted by atomic mass is 10.2. The maximum absolute atomic E-state index is 10.1. The van der Waals surface area contributed by atoms with Gasteiger partial charge in [0.1, 0.15) is 6.29 Å². The molecule has 0 aromatic heterocycles. The van der Waals surface area contributed by atoms with E-state index in [9.17, 15) is 4.79 Å². The molecular weight excluding hydrogens is 150 g/mol. The number of rotatable bonds is 3. The zero-order valence-corrected chi connectivity index (χ0v) is 7.24. The summed E-state index contributed by atoms with van der Waals surface area (Å²) >= 11 is 0. The summed E-state index contributed by atoms with van der Waals surface area (Å²) in [6.07, 6.45) is 7.62. The van der Waals surface area contributed by atoms with E-state index < -0.39 is 0 Å². The highest BCUT2D eigenvalue weighted by Gasteiger charge is 1.79. The summed E-state index contributed by atoms with van der Waals surface area (Å²) in [6.45, 7) is 3.44. The van der Waals surface area contributed by atoms with E-state index in [0.717, 1.165) is 6.29 Å². The molecule has 62 valence electrons. The van der Waals surface area contributed by atoms with Crippen LogP contribution in [0.3, 0.4) is 0 Å². The number of hydrogen-bond acceptors (Lipinski definition) is 2. The molecule has 0 fully saturated rings. The van der Waals surface area contributed by atoms with Crippen LogP contribution in [0, 0.1) is 11.3 Å². The third kappa shape index (κ3) is 5.19. The smallest absolute Gasteiger partial charge is 0.145 e. The zero-order chi connectivity index (χ0) is 9.40. The highest BCUT2D eigenvalue weighted by Crippen LogP contribution is 1.91. The van der Waals surface area contributed by atoms with Gasteiger partial charge in [0, 0.05) is 5.57 Å². The number of aldehydes is 1. The van der Waals surface area contributed by atoms with Crippen molar-refractivity contribution >= 4 is 6.29 Å². The van der Waals surface area contributed by atoms with Crippen molar-refractivity contribution in [1.82, 2.24) is 0 Å². The van der Waals surface area contributed by atoms with Crippen LogP contribution in [0.15, 0.2) is 35.5 Å². The van der Waals surface area contributed by atoms with Crippen molar-refractivity contribution in [2.24, 2.45) is 0 Å². The molecule has 0 aliphatic carbocycles. The molecule has 2 nitrogen and oxygen atoms in total. The molecule has 0 aliphatic heterocycles. The van der Waals surface area contributed by atoms with Gasteiger partial charge in [0.15, 0.2) is 0 Å². The van der Waals surface area contributed by atoms with E-state index in [-0.39, 0.29) is 0 Å². The van der Waals surface area contributed by atoms with Crippen molar-refractivity contribution in [3.8, 4) is 6.07 Å². The molecule has 0 aliphatic rings. The van der Waals surface area contributed by atoms with Crippen molar-refractivity contribution in [1.29, 1.82) is 5.26 Å². The predicted molar refractivity (Wildman–Crippen MR) is 48.3 cm³/mol. The Hall–Kier alpha value is -1.62. The molecule has 0 N–H and O–H groups in total. The molecule has 0 spiro atoms. The fourth-order valence-electron chi connectivity index (χ4n) is 0.484. The molecule has 2 heteroatoms. The second kappa shape index (κ2) is 6.11. The summed E-state index contributed by atoms with van der Waals surface area (Å²) < 4.78 is 0. The summed E-state index contributed by atoms with van der Waals surface area (Å²) in [5, 5.41) is 8.37. The Kier molecular flexibility index (Phi) is 5.29. The molecule has 0 heterocycles. The van der Waals surface area contributed by atoms with Crippen LogP contribution in [-0.2, 0) is 4.79 Å². The van der Waals surface area contributed by atoms with E-state index >= 15 is 0 Å². The summed E-state index contributed by atoms with van der Waals surface area (Å²) in [5.41, 5.74) is 1.30. The molecule has 0 aromatic rings. The summed E-state index contributed by atoms with van der Waals surface area (Å²) in [4.78, 5) is 10.1. The average Bonchev–Trinajstić information content (AvgIpc) is 2.11. The van der Waals surface area contributed by atoms with Crippen LogP contribution >= 0.6 is 0 Å². The first-order valence-electron chi connectivity index (χ1n) is 3.58. The molecule has 0 rings (SSSR count). The number of carbonyl (C=O) groups excluding carboxylic acids is 1. The number of nitrogens with zero attached hydrogens (tertiary/aromatic N) is 1. The quantitative estimate of drug-likeness (QED) is 0.275. The number of hydrogen-bond donors (Lipinski definition) is 0. The van der Waals surface area contributed by atoms with E-state index in [0.29, 0.717) is 11.1 Å². The lowest BCUT2D eigenvalue weighted by Gasteiger charge is -1.80. The van der Waals surface area contributed by atoms with Crippen LogP contribution in [0.25, 0.3) is 0 Å². The molecule has 0 saturated carbocycles. The average molecular weight is 161 g/mol. The highest BCUT2D eigenvalue weighted by atomic mass is 16.1. The highest BCUT2D eigenvalue weighted by molar-refractivity contribution is 5.72. The minimum Gasteiger partial charge on any atom is -0.298 e. The summed E-state index contributed by atoms with van der Waals surface area (Å²) in [7, 11) is 0. The van der Waals surface area contributed by atoms with Gasteiger partial charge in [-0.05, 0) is 25.5 Å². The van der Waals surface area contributed by atoms with E-state index in [4.69, 9.17) is 5.26 Å². The molecule has 0 saturated heterocycles. The largest absolute Gasteiger partial charge is 0.298 e. The first-order chi connectivity index (χ1) is 5.70.